The molecular formula is C32H38F2N6O3. The summed E-state index contributed by atoms with van der Waals surface area (Å²) in [5, 5.41) is 17.0. The number of amides is 4. The number of carbonyl (C=O) groups is 2. The second-order valence-electron chi connectivity index (χ2n) is 12.3. The van der Waals surface area contributed by atoms with E-state index < -0.39 is 23.3 Å². The number of halogens is 2. The molecule has 0 spiro atoms. The quantitative estimate of drug-likeness (QED) is 0.384. The average Bonchev–Trinajstić information content (AvgIpc) is 3.24. The van der Waals surface area contributed by atoms with Crippen molar-refractivity contribution < 1.29 is 23.5 Å². The number of carbonyl (C=O) groups excluding carboxylic acids is 2. The SMILES string of the molecule is CC(C)(O)c1cnc2n1C[C@H](c1cccc(F)c1F)CC[C@H]2NC(=O)N1CCC(N2CCc3ccccc3NC2=O)CC1. The highest BCUT2D eigenvalue weighted by molar-refractivity contribution is 5.91. The standard InChI is InChI=1S/C32H38F2N6O3/c1-32(2,43)27-18-35-29-26(11-10-21(19-40(27)29)23-7-5-8-24(33)28(23)34)37-30(41)38-15-13-22(14-16-38)39-17-12-20-6-3-4-9-25(20)36-31(39)42/h3-9,18,21-22,26,43H,10-17,19H2,1-2H3,(H,36,42)(H,37,41)/t21-,26-/m1/s1. The number of aliphatic hydroxyl groups is 1. The van der Waals surface area contributed by atoms with Gasteiger partial charge in [-0.1, -0.05) is 30.3 Å². The number of para-hydroxylation sites is 1. The maximum Gasteiger partial charge on any atom is 0.322 e. The molecule has 1 saturated heterocycles. The summed E-state index contributed by atoms with van der Waals surface area (Å²) >= 11 is 0. The third-order valence-corrected chi connectivity index (χ3v) is 9.09. The van der Waals surface area contributed by atoms with E-state index in [9.17, 15) is 23.5 Å². The molecule has 0 aliphatic carbocycles. The van der Waals surface area contributed by atoms with Gasteiger partial charge in [-0.05, 0) is 69.2 Å². The van der Waals surface area contributed by atoms with E-state index in [0.29, 0.717) is 63.4 Å². The Morgan fingerprint density at radius 3 is 2.58 bits per heavy atom. The minimum absolute atomic E-state index is 0.0337. The molecule has 2 atom stereocenters. The van der Waals surface area contributed by atoms with Gasteiger partial charge in [-0.3, -0.25) is 0 Å². The molecule has 0 bridgehead atoms. The van der Waals surface area contributed by atoms with Crippen LogP contribution in [-0.2, 0) is 18.6 Å². The lowest BCUT2D eigenvalue weighted by Gasteiger charge is -2.38. The van der Waals surface area contributed by atoms with Crippen molar-refractivity contribution in [1.29, 1.82) is 0 Å². The van der Waals surface area contributed by atoms with Gasteiger partial charge in [0.25, 0.3) is 0 Å². The second kappa shape index (κ2) is 11.6. The smallest absolute Gasteiger partial charge is 0.322 e. The number of imidazole rings is 1. The van der Waals surface area contributed by atoms with Crippen LogP contribution in [0.3, 0.4) is 0 Å². The molecule has 3 aliphatic heterocycles. The summed E-state index contributed by atoms with van der Waals surface area (Å²) in [6.45, 7) is 5.23. The van der Waals surface area contributed by atoms with Crippen molar-refractivity contribution in [3.05, 3.63) is 82.9 Å². The van der Waals surface area contributed by atoms with Crippen molar-refractivity contribution in [2.45, 2.75) is 76.1 Å². The Morgan fingerprint density at radius 1 is 1.05 bits per heavy atom. The maximum absolute atomic E-state index is 14.8. The summed E-state index contributed by atoms with van der Waals surface area (Å²) < 4.78 is 30.8. The number of fused-ring (bicyclic) bond motifs is 2. The molecule has 3 N–H and O–H groups in total. The van der Waals surface area contributed by atoms with Gasteiger partial charge >= 0.3 is 12.1 Å². The van der Waals surface area contributed by atoms with E-state index in [0.717, 1.165) is 23.7 Å². The third-order valence-electron chi connectivity index (χ3n) is 9.09. The van der Waals surface area contributed by atoms with Gasteiger partial charge in [0.15, 0.2) is 11.6 Å². The molecule has 9 nitrogen and oxygen atoms in total. The van der Waals surface area contributed by atoms with Gasteiger partial charge in [-0.2, -0.15) is 0 Å². The van der Waals surface area contributed by atoms with Crippen molar-refractivity contribution >= 4 is 17.7 Å². The van der Waals surface area contributed by atoms with Gasteiger partial charge in [0.1, 0.15) is 11.4 Å². The van der Waals surface area contributed by atoms with Crippen LogP contribution in [0, 0.1) is 11.6 Å². The minimum atomic E-state index is -1.22. The molecule has 4 amide bonds. The highest BCUT2D eigenvalue weighted by Crippen LogP contribution is 2.37. The summed E-state index contributed by atoms with van der Waals surface area (Å²) in [5.74, 6) is -1.55. The van der Waals surface area contributed by atoms with E-state index in [2.05, 4.69) is 15.6 Å². The first-order valence-corrected chi connectivity index (χ1v) is 15.0. The van der Waals surface area contributed by atoms with Crippen LogP contribution >= 0.6 is 0 Å². The molecule has 43 heavy (non-hydrogen) atoms. The van der Waals surface area contributed by atoms with Crippen LogP contribution in [0.1, 0.15) is 74.1 Å². The molecule has 3 aliphatic rings. The lowest BCUT2D eigenvalue weighted by molar-refractivity contribution is 0.0690. The summed E-state index contributed by atoms with van der Waals surface area (Å²) in [4.78, 5) is 34.8. The normalized spacial score (nSPS) is 21.4. The fourth-order valence-corrected chi connectivity index (χ4v) is 6.74. The number of hydrogen-bond acceptors (Lipinski definition) is 4. The van der Waals surface area contributed by atoms with Crippen LogP contribution in [0.25, 0.3) is 0 Å². The van der Waals surface area contributed by atoms with E-state index in [-0.39, 0.29) is 29.6 Å². The molecule has 228 valence electrons. The van der Waals surface area contributed by atoms with Crippen molar-refractivity contribution in [2.24, 2.45) is 0 Å². The Bertz CT molecular complexity index is 1510. The molecule has 1 fully saturated rings. The Hall–Kier alpha value is -3.99. The van der Waals surface area contributed by atoms with Crippen molar-refractivity contribution in [1.82, 2.24) is 24.7 Å². The lowest BCUT2D eigenvalue weighted by atomic mass is 9.92. The van der Waals surface area contributed by atoms with Crippen LogP contribution in [0.4, 0.5) is 24.1 Å². The highest BCUT2D eigenvalue weighted by atomic mass is 19.2. The van der Waals surface area contributed by atoms with Gasteiger partial charge in [0.2, 0.25) is 0 Å². The predicted octanol–water partition coefficient (Wildman–Crippen LogP) is 5.27. The number of piperidine rings is 1. The summed E-state index contributed by atoms with van der Waals surface area (Å²) in [6, 6.07) is 11.3. The molecule has 4 heterocycles. The summed E-state index contributed by atoms with van der Waals surface area (Å²) in [7, 11) is 0. The van der Waals surface area contributed by atoms with Crippen molar-refractivity contribution in [2.75, 3.05) is 25.0 Å². The summed E-state index contributed by atoms with van der Waals surface area (Å²) in [5.41, 5.74) is 1.56. The third kappa shape index (κ3) is 5.82. The Balaban J connectivity index is 1.14. The second-order valence-corrected chi connectivity index (χ2v) is 12.3. The zero-order valence-corrected chi connectivity index (χ0v) is 24.5. The lowest BCUT2D eigenvalue weighted by Crippen LogP contribution is -2.52. The van der Waals surface area contributed by atoms with Crippen LogP contribution in [0.5, 0.6) is 0 Å². The zero-order chi connectivity index (χ0) is 30.3. The van der Waals surface area contributed by atoms with E-state index in [1.54, 1.807) is 31.0 Å². The monoisotopic (exact) mass is 592 g/mol. The molecule has 3 aromatic rings. The predicted molar refractivity (Wildman–Crippen MR) is 158 cm³/mol. The molecule has 0 saturated carbocycles. The Labute approximate surface area is 249 Å². The summed E-state index contributed by atoms with van der Waals surface area (Å²) in [6.07, 6.45) is 4.67. The van der Waals surface area contributed by atoms with Crippen molar-refractivity contribution in [3.63, 3.8) is 0 Å². The molecule has 1 aromatic heterocycles. The molecule has 2 aromatic carbocycles. The first-order chi connectivity index (χ1) is 20.6. The van der Waals surface area contributed by atoms with Gasteiger partial charge in [-0.15, -0.1) is 0 Å². The highest BCUT2D eigenvalue weighted by Gasteiger charge is 2.36. The number of hydrogen-bond donors (Lipinski definition) is 3. The average molecular weight is 593 g/mol. The molecule has 0 unspecified atom stereocenters. The van der Waals surface area contributed by atoms with E-state index in [1.165, 1.54) is 6.07 Å². The zero-order valence-electron chi connectivity index (χ0n) is 24.5. The number of benzene rings is 2. The Kier molecular flexibility index (Phi) is 7.85. The van der Waals surface area contributed by atoms with Gasteiger partial charge in [0.05, 0.1) is 17.9 Å². The van der Waals surface area contributed by atoms with Crippen molar-refractivity contribution in [3.8, 4) is 0 Å². The first kappa shape index (κ1) is 29.1. The number of nitrogens with one attached hydrogen (secondary N) is 2. The first-order valence-electron chi connectivity index (χ1n) is 15.0. The number of anilines is 1. The number of aromatic nitrogens is 2. The molecule has 6 rings (SSSR count). The number of nitrogens with zero attached hydrogens (tertiary/aromatic N) is 4. The molecule has 11 heteroatoms. The molecular weight excluding hydrogens is 554 g/mol. The minimum Gasteiger partial charge on any atom is -0.384 e. The number of urea groups is 2. The van der Waals surface area contributed by atoms with Crippen LogP contribution in [0.15, 0.2) is 48.7 Å². The number of likely N-dealkylation sites (tertiary alicyclic amines) is 1. The largest absolute Gasteiger partial charge is 0.384 e. The number of rotatable bonds is 4. The van der Waals surface area contributed by atoms with Gasteiger partial charge < -0.3 is 30.1 Å². The van der Waals surface area contributed by atoms with Crippen LogP contribution in [-0.4, -0.2) is 62.2 Å². The Morgan fingerprint density at radius 2 is 1.81 bits per heavy atom. The van der Waals surface area contributed by atoms with E-state index >= 15 is 0 Å². The fourth-order valence-electron chi connectivity index (χ4n) is 6.74. The van der Waals surface area contributed by atoms with Crippen LogP contribution in [0.2, 0.25) is 0 Å². The maximum atomic E-state index is 14.8. The van der Waals surface area contributed by atoms with Gasteiger partial charge in [0, 0.05) is 43.8 Å². The topological polar surface area (TPSA) is 103 Å². The molecule has 0 radical (unpaired) electrons. The van der Waals surface area contributed by atoms with E-state index in [4.69, 9.17) is 0 Å². The van der Waals surface area contributed by atoms with E-state index in [1.807, 2.05) is 33.7 Å². The van der Waals surface area contributed by atoms with Gasteiger partial charge in [-0.25, -0.2) is 23.4 Å². The fraction of sp³-hybridized carbons (Fsp3) is 0.469. The van der Waals surface area contributed by atoms with Crippen LogP contribution < -0.4 is 10.6 Å².